The maximum Gasteiger partial charge on any atom is 0.255 e. The highest BCUT2D eigenvalue weighted by Crippen LogP contribution is 2.14. The molecule has 0 saturated heterocycles. The molecule has 3 rings (SSSR count). The quantitative estimate of drug-likeness (QED) is 0.734. The molecular formula is C22H19FN2O2. The maximum atomic E-state index is 13.0. The van der Waals surface area contributed by atoms with Crippen molar-refractivity contribution < 1.29 is 14.0 Å². The summed E-state index contributed by atoms with van der Waals surface area (Å²) in [6, 6.07) is 21.7. The van der Waals surface area contributed by atoms with Crippen LogP contribution in [0.1, 0.15) is 26.3 Å². The summed E-state index contributed by atoms with van der Waals surface area (Å²) in [5, 5.41) is 2.80. The predicted octanol–water partition coefficient (Wildman–Crippen LogP) is 4.35. The van der Waals surface area contributed by atoms with Crippen LogP contribution in [0.2, 0.25) is 0 Å². The van der Waals surface area contributed by atoms with Crippen molar-refractivity contribution >= 4 is 17.5 Å². The molecule has 0 spiro atoms. The second kappa shape index (κ2) is 8.27. The smallest absolute Gasteiger partial charge is 0.255 e. The maximum absolute atomic E-state index is 13.0. The van der Waals surface area contributed by atoms with Gasteiger partial charge in [0.1, 0.15) is 5.82 Å². The first kappa shape index (κ1) is 18.3. The molecule has 4 nitrogen and oxygen atoms in total. The van der Waals surface area contributed by atoms with Crippen molar-refractivity contribution in [3.05, 3.63) is 101 Å². The minimum atomic E-state index is -0.305. The van der Waals surface area contributed by atoms with Gasteiger partial charge in [-0.25, -0.2) is 4.39 Å². The second-order valence-corrected chi connectivity index (χ2v) is 6.19. The molecule has 136 valence electrons. The van der Waals surface area contributed by atoms with E-state index in [2.05, 4.69) is 5.32 Å². The number of nitrogens with zero attached hydrogens (tertiary/aromatic N) is 1. The number of hydrogen-bond acceptors (Lipinski definition) is 2. The Hall–Kier alpha value is -3.47. The summed E-state index contributed by atoms with van der Waals surface area (Å²) < 4.78 is 13.0. The average molecular weight is 362 g/mol. The van der Waals surface area contributed by atoms with Gasteiger partial charge in [0.15, 0.2) is 0 Å². The number of halogens is 1. The van der Waals surface area contributed by atoms with E-state index in [4.69, 9.17) is 0 Å². The van der Waals surface area contributed by atoms with Crippen molar-refractivity contribution in [2.24, 2.45) is 0 Å². The zero-order valence-electron chi connectivity index (χ0n) is 14.9. The van der Waals surface area contributed by atoms with Crippen molar-refractivity contribution in [2.75, 3.05) is 12.4 Å². The highest BCUT2D eigenvalue weighted by atomic mass is 19.1. The Morgan fingerprint density at radius 1 is 0.852 bits per heavy atom. The molecule has 0 aliphatic rings. The van der Waals surface area contributed by atoms with E-state index in [1.165, 1.54) is 12.1 Å². The third kappa shape index (κ3) is 4.79. The lowest BCUT2D eigenvalue weighted by atomic mass is 10.1. The van der Waals surface area contributed by atoms with Crippen molar-refractivity contribution in [2.45, 2.75) is 6.54 Å². The van der Waals surface area contributed by atoms with Crippen LogP contribution in [0.5, 0.6) is 0 Å². The highest BCUT2D eigenvalue weighted by Gasteiger charge is 2.13. The largest absolute Gasteiger partial charge is 0.337 e. The highest BCUT2D eigenvalue weighted by molar-refractivity contribution is 6.04. The number of anilines is 1. The monoisotopic (exact) mass is 362 g/mol. The van der Waals surface area contributed by atoms with Gasteiger partial charge in [0.2, 0.25) is 0 Å². The summed E-state index contributed by atoms with van der Waals surface area (Å²) in [4.78, 5) is 26.3. The van der Waals surface area contributed by atoms with Gasteiger partial charge in [-0.05, 0) is 54.1 Å². The topological polar surface area (TPSA) is 49.4 Å². The molecule has 0 fully saturated rings. The first-order chi connectivity index (χ1) is 13.0. The normalized spacial score (nSPS) is 10.3. The predicted molar refractivity (Wildman–Crippen MR) is 103 cm³/mol. The van der Waals surface area contributed by atoms with E-state index in [-0.39, 0.29) is 17.6 Å². The number of rotatable bonds is 5. The van der Waals surface area contributed by atoms with E-state index in [9.17, 15) is 14.0 Å². The Morgan fingerprint density at radius 3 is 2.11 bits per heavy atom. The van der Waals surface area contributed by atoms with E-state index in [1.807, 2.05) is 6.07 Å². The van der Waals surface area contributed by atoms with Gasteiger partial charge in [-0.15, -0.1) is 0 Å². The number of amides is 2. The van der Waals surface area contributed by atoms with Crippen LogP contribution in [0.4, 0.5) is 10.1 Å². The number of nitrogens with one attached hydrogen (secondary N) is 1. The van der Waals surface area contributed by atoms with Crippen LogP contribution in [0.25, 0.3) is 0 Å². The van der Waals surface area contributed by atoms with E-state index < -0.39 is 0 Å². The number of carbonyl (C=O) groups is 2. The lowest BCUT2D eigenvalue weighted by Crippen LogP contribution is -2.26. The molecule has 0 saturated carbocycles. The van der Waals surface area contributed by atoms with E-state index in [1.54, 1.807) is 72.6 Å². The Balaban J connectivity index is 1.63. The van der Waals surface area contributed by atoms with E-state index in [0.29, 0.717) is 23.4 Å². The van der Waals surface area contributed by atoms with E-state index in [0.717, 1.165) is 5.56 Å². The molecule has 5 heteroatoms. The lowest BCUT2D eigenvalue weighted by Gasteiger charge is -2.17. The Morgan fingerprint density at radius 2 is 1.48 bits per heavy atom. The van der Waals surface area contributed by atoms with Crippen LogP contribution in [0.3, 0.4) is 0 Å². The first-order valence-electron chi connectivity index (χ1n) is 8.49. The molecule has 0 aromatic heterocycles. The third-order valence-electron chi connectivity index (χ3n) is 4.11. The third-order valence-corrected chi connectivity index (χ3v) is 4.11. The van der Waals surface area contributed by atoms with Gasteiger partial charge in [-0.3, -0.25) is 9.59 Å². The van der Waals surface area contributed by atoms with Crippen LogP contribution in [-0.4, -0.2) is 23.8 Å². The van der Waals surface area contributed by atoms with Crippen LogP contribution in [-0.2, 0) is 6.54 Å². The fourth-order valence-electron chi connectivity index (χ4n) is 2.64. The van der Waals surface area contributed by atoms with E-state index >= 15 is 0 Å². The summed E-state index contributed by atoms with van der Waals surface area (Å²) in [6.07, 6.45) is 0. The molecule has 0 radical (unpaired) electrons. The molecule has 3 aromatic rings. The van der Waals surface area contributed by atoms with Gasteiger partial charge in [-0.1, -0.05) is 30.3 Å². The molecule has 2 amide bonds. The summed E-state index contributed by atoms with van der Waals surface area (Å²) in [5.74, 6) is -0.663. The molecular weight excluding hydrogens is 343 g/mol. The molecule has 0 bridgehead atoms. The van der Waals surface area contributed by atoms with Gasteiger partial charge in [0, 0.05) is 30.4 Å². The second-order valence-electron chi connectivity index (χ2n) is 6.19. The molecule has 0 atom stereocenters. The molecule has 1 N–H and O–H groups in total. The average Bonchev–Trinajstić information content (AvgIpc) is 2.70. The van der Waals surface area contributed by atoms with Gasteiger partial charge < -0.3 is 10.2 Å². The van der Waals surface area contributed by atoms with Crippen LogP contribution < -0.4 is 5.32 Å². The molecule has 3 aromatic carbocycles. The zero-order chi connectivity index (χ0) is 19.2. The summed E-state index contributed by atoms with van der Waals surface area (Å²) in [6.45, 7) is 0.381. The Kier molecular flexibility index (Phi) is 5.61. The van der Waals surface area contributed by atoms with Gasteiger partial charge in [0.25, 0.3) is 11.8 Å². The van der Waals surface area contributed by atoms with Crippen molar-refractivity contribution in [3.8, 4) is 0 Å². The SMILES string of the molecule is CN(Cc1ccc(F)cc1)C(=O)c1ccc(NC(=O)c2ccccc2)cc1. The summed E-state index contributed by atoms with van der Waals surface area (Å²) >= 11 is 0. The molecule has 0 heterocycles. The van der Waals surface area contributed by atoms with Crippen LogP contribution in [0.15, 0.2) is 78.9 Å². The molecule has 0 aliphatic carbocycles. The summed E-state index contributed by atoms with van der Waals surface area (Å²) in [5.41, 5.74) is 2.54. The first-order valence-corrected chi connectivity index (χ1v) is 8.49. The number of benzene rings is 3. The van der Waals surface area contributed by atoms with Gasteiger partial charge in [0.05, 0.1) is 0 Å². The Labute approximate surface area is 157 Å². The summed E-state index contributed by atoms with van der Waals surface area (Å²) in [7, 11) is 1.69. The molecule has 0 aliphatic heterocycles. The van der Waals surface area contributed by atoms with Gasteiger partial charge >= 0.3 is 0 Å². The van der Waals surface area contributed by atoms with Crippen LogP contribution in [0, 0.1) is 5.82 Å². The standard InChI is InChI=1S/C22H19FN2O2/c1-25(15-16-7-11-19(23)12-8-16)22(27)18-9-13-20(14-10-18)24-21(26)17-5-3-2-4-6-17/h2-14H,15H2,1H3,(H,24,26). The minimum Gasteiger partial charge on any atom is -0.337 e. The fourth-order valence-corrected chi connectivity index (χ4v) is 2.64. The minimum absolute atomic E-state index is 0.153. The van der Waals surface area contributed by atoms with Crippen LogP contribution >= 0.6 is 0 Å². The van der Waals surface area contributed by atoms with Gasteiger partial charge in [-0.2, -0.15) is 0 Å². The lowest BCUT2D eigenvalue weighted by molar-refractivity contribution is 0.0785. The van der Waals surface area contributed by atoms with Crippen molar-refractivity contribution in [1.29, 1.82) is 0 Å². The number of carbonyl (C=O) groups excluding carboxylic acids is 2. The molecule has 27 heavy (non-hydrogen) atoms. The zero-order valence-corrected chi connectivity index (χ0v) is 14.9. The molecule has 0 unspecified atom stereocenters. The fraction of sp³-hybridized carbons (Fsp3) is 0.0909. The number of hydrogen-bond donors (Lipinski definition) is 1. The Bertz CT molecular complexity index is 923. The van der Waals surface area contributed by atoms with Crippen molar-refractivity contribution in [3.63, 3.8) is 0 Å². The van der Waals surface area contributed by atoms with Crippen molar-refractivity contribution in [1.82, 2.24) is 4.90 Å².